The van der Waals surface area contributed by atoms with Crippen molar-refractivity contribution in [1.29, 1.82) is 0 Å². The average molecular weight is 381 g/mol. The van der Waals surface area contributed by atoms with Crippen LogP contribution in [0.5, 0.6) is 0 Å². The first-order valence-corrected chi connectivity index (χ1v) is 10.5. The van der Waals surface area contributed by atoms with E-state index in [0.29, 0.717) is 18.7 Å². The zero-order valence-corrected chi connectivity index (χ0v) is 17.2. The number of rotatable bonds is 5. The van der Waals surface area contributed by atoms with Gasteiger partial charge in [0.1, 0.15) is 5.82 Å². The number of fused-ring (bicyclic) bond motifs is 1. The Balaban J connectivity index is 1.75. The number of hydrogen-bond acceptors (Lipinski definition) is 6. The summed E-state index contributed by atoms with van der Waals surface area (Å²) in [6, 6.07) is 3.80. The van der Waals surface area contributed by atoms with Crippen LogP contribution in [0.1, 0.15) is 40.4 Å². The molecular weight excluding hydrogens is 352 g/mol. The largest absolute Gasteiger partial charge is 0.352 e. The number of aromatic nitrogens is 4. The number of sulfonamides is 1. The molecule has 2 aromatic heterocycles. The highest BCUT2D eigenvalue weighted by Gasteiger charge is 2.37. The molecule has 0 radical (unpaired) electrons. The van der Waals surface area contributed by atoms with Crippen LogP contribution in [0.25, 0.3) is 5.65 Å². The summed E-state index contributed by atoms with van der Waals surface area (Å²) in [6.07, 6.45) is 0. The van der Waals surface area contributed by atoms with E-state index in [1.807, 2.05) is 26.0 Å². The molecule has 0 saturated carbocycles. The van der Waals surface area contributed by atoms with E-state index >= 15 is 0 Å². The Hall–Kier alpha value is -1.74. The molecule has 0 spiro atoms. The van der Waals surface area contributed by atoms with Gasteiger partial charge in [0, 0.05) is 25.6 Å². The zero-order chi connectivity index (χ0) is 19.3. The van der Waals surface area contributed by atoms with Gasteiger partial charge < -0.3 is 4.90 Å². The molecule has 2 aromatic rings. The Morgan fingerprint density at radius 2 is 1.88 bits per heavy atom. The SMILES string of the molecule is CC(C)CS(=O)(=O)N(C)C1CN(c2ccc3nnc(C(C)(C)C)n3n2)C1. The maximum Gasteiger partial charge on any atom is 0.214 e. The fraction of sp³-hybridized carbons (Fsp3) is 0.706. The normalized spacial score (nSPS) is 16.7. The van der Waals surface area contributed by atoms with E-state index in [1.165, 1.54) is 4.31 Å². The summed E-state index contributed by atoms with van der Waals surface area (Å²) in [5.74, 6) is 1.92. The third-order valence-electron chi connectivity index (χ3n) is 4.60. The first kappa shape index (κ1) is 19.0. The van der Waals surface area contributed by atoms with Crippen LogP contribution < -0.4 is 4.90 Å². The summed E-state index contributed by atoms with van der Waals surface area (Å²) in [6.45, 7) is 11.3. The molecule has 8 nitrogen and oxygen atoms in total. The third kappa shape index (κ3) is 3.55. The van der Waals surface area contributed by atoms with E-state index in [4.69, 9.17) is 0 Å². The maximum atomic E-state index is 12.4. The minimum atomic E-state index is -3.22. The van der Waals surface area contributed by atoms with Crippen LogP contribution in [0.2, 0.25) is 0 Å². The standard InChI is InChI=1S/C17H28N6O2S/c1-12(2)11-26(24,25)21(6)13-9-22(10-13)15-8-7-14-18-19-16(17(3,4)5)23(14)20-15/h7-8,12-13H,9-11H2,1-6H3. The summed E-state index contributed by atoms with van der Waals surface area (Å²) >= 11 is 0. The van der Waals surface area contributed by atoms with Crippen molar-refractivity contribution in [2.75, 3.05) is 30.8 Å². The first-order chi connectivity index (χ1) is 12.0. The number of hydrogen-bond donors (Lipinski definition) is 0. The molecule has 1 aliphatic heterocycles. The number of likely N-dealkylation sites (N-methyl/N-ethyl adjacent to an activating group) is 1. The Morgan fingerprint density at radius 1 is 1.23 bits per heavy atom. The maximum absolute atomic E-state index is 12.4. The lowest BCUT2D eigenvalue weighted by Crippen LogP contribution is -2.60. The second kappa shape index (κ2) is 6.45. The van der Waals surface area contributed by atoms with Crippen molar-refractivity contribution in [3.8, 4) is 0 Å². The molecule has 3 rings (SSSR count). The summed E-state index contributed by atoms with van der Waals surface area (Å²) in [5, 5.41) is 13.1. The number of anilines is 1. The van der Waals surface area contributed by atoms with Crippen molar-refractivity contribution in [3.05, 3.63) is 18.0 Å². The van der Waals surface area contributed by atoms with Gasteiger partial charge in [-0.25, -0.2) is 8.42 Å². The predicted octanol–water partition coefficient (Wildman–Crippen LogP) is 1.53. The highest BCUT2D eigenvalue weighted by Crippen LogP contribution is 2.25. The molecule has 0 N–H and O–H groups in total. The van der Waals surface area contributed by atoms with Crippen LogP contribution in [0.3, 0.4) is 0 Å². The summed E-state index contributed by atoms with van der Waals surface area (Å²) < 4.78 is 28.1. The van der Waals surface area contributed by atoms with Crippen molar-refractivity contribution >= 4 is 21.5 Å². The van der Waals surface area contributed by atoms with E-state index in [2.05, 4.69) is 41.0 Å². The van der Waals surface area contributed by atoms with Gasteiger partial charge in [0.25, 0.3) is 0 Å². The second-order valence-electron chi connectivity index (χ2n) is 8.48. The molecule has 0 amide bonds. The Bertz CT molecular complexity index is 894. The quantitative estimate of drug-likeness (QED) is 0.782. The van der Waals surface area contributed by atoms with E-state index in [0.717, 1.165) is 11.6 Å². The van der Waals surface area contributed by atoms with Crippen molar-refractivity contribution in [2.45, 2.75) is 46.1 Å². The molecule has 0 aliphatic carbocycles. The smallest absolute Gasteiger partial charge is 0.214 e. The van der Waals surface area contributed by atoms with Crippen LogP contribution in [0.4, 0.5) is 5.82 Å². The minimum absolute atomic E-state index is 0.0146. The molecule has 1 aliphatic rings. The lowest BCUT2D eigenvalue weighted by atomic mass is 9.96. The van der Waals surface area contributed by atoms with Gasteiger partial charge in [0.05, 0.1) is 11.8 Å². The van der Waals surface area contributed by atoms with Crippen LogP contribution in [-0.4, -0.2) is 64.5 Å². The average Bonchev–Trinajstić information content (AvgIpc) is 2.87. The lowest BCUT2D eigenvalue weighted by molar-refractivity contribution is 0.307. The van der Waals surface area contributed by atoms with Crippen molar-refractivity contribution in [3.63, 3.8) is 0 Å². The van der Waals surface area contributed by atoms with Gasteiger partial charge in [-0.3, -0.25) is 0 Å². The molecule has 0 bridgehead atoms. The number of nitrogens with zero attached hydrogens (tertiary/aromatic N) is 6. The second-order valence-corrected chi connectivity index (χ2v) is 10.6. The molecule has 26 heavy (non-hydrogen) atoms. The molecule has 1 saturated heterocycles. The fourth-order valence-electron chi connectivity index (χ4n) is 3.05. The molecule has 0 unspecified atom stereocenters. The Labute approximate surface area is 155 Å². The van der Waals surface area contributed by atoms with Crippen molar-refractivity contribution in [1.82, 2.24) is 24.1 Å². The third-order valence-corrected chi connectivity index (χ3v) is 6.87. The van der Waals surface area contributed by atoms with Crippen molar-refractivity contribution in [2.24, 2.45) is 5.92 Å². The first-order valence-electron chi connectivity index (χ1n) is 8.92. The van der Waals surface area contributed by atoms with Gasteiger partial charge in [-0.1, -0.05) is 34.6 Å². The van der Waals surface area contributed by atoms with E-state index < -0.39 is 10.0 Å². The van der Waals surface area contributed by atoms with Gasteiger partial charge in [-0.15, -0.1) is 15.3 Å². The summed E-state index contributed by atoms with van der Waals surface area (Å²) in [5.41, 5.74) is 0.556. The molecule has 0 atom stereocenters. The molecule has 9 heteroatoms. The van der Waals surface area contributed by atoms with Crippen LogP contribution in [0.15, 0.2) is 12.1 Å². The van der Waals surface area contributed by atoms with Crippen LogP contribution in [0, 0.1) is 5.92 Å². The molecule has 1 fully saturated rings. The van der Waals surface area contributed by atoms with Crippen LogP contribution >= 0.6 is 0 Å². The van der Waals surface area contributed by atoms with Crippen molar-refractivity contribution < 1.29 is 8.42 Å². The lowest BCUT2D eigenvalue weighted by Gasteiger charge is -2.44. The summed E-state index contributed by atoms with van der Waals surface area (Å²) in [7, 11) is -1.54. The fourth-order valence-corrected chi connectivity index (χ4v) is 4.72. The van der Waals surface area contributed by atoms with Gasteiger partial charge in [-0.2, -0.15) is 8.82 Å². The summed E-state index contributed by atoms with van der Waals surface area (Å²) in [4.78, 5) is 2.08. The van der Waals surface area contributed by atoms with E-state index in [9.17, 15) is 8.42 Å². The molecule has 0 aromatic carbocycles. The minimum Gasteiger partial charge on any atom is -0.352 e. The van der Waals surface area contributed by atoms with E-state index in [1.54, 1.807) is 11.6 Å². The van der Waals surface area contributed by atoms with E-state index in [-0.39, 0.29) is 23.1 Å². The molecule has 3 heterocycles. The van der Waals surface area contributed by atoms with Gasteiger partial charge in [0.2, 0.25) is 10.0 Å². The Morgan fingerprint density at radius 3 is 2.46 bits per heavy atom. The van der Waals surface area contributed by atoms with Gasteiger partial charge in [0.15, 0.2) is 11.5 Å². The Kier molecular flexibility index (Phi) is 4.72. The van der Waals surface area contributed by atoms with Gasteiger partial charge >= 0.3 is 0 Å². The highest BCUT2D eigenvalue weighted by atomic mass is 32.2. The predicted molar refractivity (Wildman–Crippen MR) is 102 cm³/mol. The van der Waals surface area contributed by atoms with Gasteiger partial charge in [-0.05, 0) is 18.1 Å². The molecular formula is C17H28N6O2S. The van der Waals surface area contributed by atoms with Crippen LogP contribution in [-0.2, 0) is 15.4 Å². The zero-order valence-electron chi connectivity index (χ0n) is 16.3. The highest BCUT2D eigenvalue weighted by molar-refractivity contribution is 7.89. The molecule has 144 valence electrons. The monoisotopic (exact) mass is 380 g/mol. The topological polar surface area (TPSA) is 83.7 Å².